The van der Waals surface area contributed by atoms with E-state index < -0.39 is 5.82 Å². The molecule has 2 atom stereocenters. The van der Waals surface area contributed by atoms with Crippen LogP contribution in [0.5, 0.6) is 0 Å². The molecule has 5 rings (SSSR count). The first-order valence-corrected chi connectivity index (χ1v) is 10.5. The van der Waals surface area contributed by atoms with Crippen LogP contribution in [0.3, 0.4) is 0 Å². The summed E-state index contributed by atoms with van der Waals surface area (Å²) in [6.07, 6.45) is 1.37. The second kappa shape index (κ2) is 8.05. The molecule has 0 radical (unpaired) electrons. The minimum Gasteiger partial charge on any atom is -0.377 e. The third-order valence-electron chi connectivity index (χ3n) is 6.00. The van der Waals surface area contributed by atoms with Crippen molar-refractivity contribution in [1.82, 2.24) is 15.1 Å². The van der Waals surface area contributed by atoms with Crippen molar-refractivity contribution in [2.24, 2.45) is 0 Å². The van der Waals surface area contributed by atoms with Gasteiger partial charge in [-0.3, -0.25) is 4.79 Å². The molecule has 0 spiro atoms. The SMILES string of the molecule is C=Cn1nc2c3c(cc(F)cc3c1=O)N[C@H](c1ccccc1)[C@H]2c1ccc(CNC)cc1. The largest absolute Gasteiger partial charge is 0.377 e. The Balaban J connectivity index is 1.80. The maximum Gasteiger partial charge on any atom is 0.278 e. The van der Waals surface area contributed by atoms with Crippen LogP contribution in [0.4, 0.5) is 10.1 Å². The molecule has 2 heterocycles. The van der Waals surface area contributed by atoms with E-state index in [4.69, 9.17) is 0 Å². The number of benzene rings is 3. The summed E-state index contributed by atoms with van der Waals surface area (Å²) in [4.78, 5) is 12.9. The zero-order valence-electron chi connectivity index (χ0n) is 17.7. The lowest BCUT2D eigenvalue weighted by atomic mass is 9.80. The predicted octanol–water partition coefficient (Wildman–Crippen LogP) is 4.65. The molecule has 0 saturated heterocycles. The molecular weight excluding hydrogens is 403 g/mol. The second-order valence-electron chi connectivity index (χ2n) is 7.98. The zero-order valence-corrected chi connectivity index (χ0v) is 17.7. The highest BCUT2D eigenvalue weighted by molar-refractivity contribution is 5.97. The van der Waals surface area contributed by atoms with Gasteiger partial charge in [-0.1, -0.05) is 61.2 Å². The Morgan fingerprint density at radius 1 is 1.12 bits per heavy atom. The van der Waals surface area contributed by atoms with Crippen LogP contribution in [0.2, 0.25) is 0 Å². The van der Waals surface area contributed by atoms with Gasteiger partial charge in [0.1, 0.15) is 5.82 Å². The predicted molar refractivity (Wildman–Crippen MR) is 126 cm³/mol. The smallest absolute Gasteiger partial charge is 0.278 e. The van der Waals surface area contributed by atoms with E-state index in [1.807, 2.05) is 37.4 Å². The van der Waals surface area contributed by atoms with Crippen molar-refractivity contribution < 1.29 is 4.39 Å². The fourth-order valence-corrected chi connectivity index (χ4v) is 4.58. The van der Waals surface area contributed by atoms with Crippen molar-refractivity contribution in [3.05, 3.63) is 112 Å². The lowest BCUT2D eigenvalue weighted by Gasteiger charge is -2.35. The van der Waals surface area contributed by atoms with Gasteiger partial charge >= 0.3 is 0 Å². The Hall–Kier alpha value is -3.77. The van der Waals surface area contributed by atoms with Gasteiger partial charge in [0, 0.05) is 23.8 Å². The summed E-state index contributed by atoms with van der Waals surface area (Å²) >= 11 is 0. The standard InChI is InChI=1S/C26H23FN4O/c1-3-31-26(32)20-13-19(27)14-21-23(20)25(30-31)22(17-11-9-16(10-12-17)15-28-2)24(29-21)18-7-5-4-6-8-18/h3-14,22,24,28-29H,1,15H2,2H3/t22-,24-/m1/s1. The number of rotatable bonds is 5. The van der Waals surface area contributed by atoms with E-state index in [1.165, 1.54) is 28.6 Å². The molecule has 1 aliphatic heterocycles. The van der Waals surface area contributed by atoms with E-state index >= 15 is 0 Å². The van der Waals surface area contributed by atoms with Crippen molar-refractivity contribution >= 4 is 22.7 Å². The molecule has 160 valence electrons. The topological polar surface area (TPSA) is 59.0 Å². The summed E-state index contributed by atoms with van der Waals surface area (Å²) in [5, 5.41) is 12.3. The summed E-state index contributed by atoms with van der Waals surface area (Å²) in [6, 6.07) is 20.9. The summed E-state index contributed by atoms with van der Waals surface area (Å²) in [5.41, 5.74) is 4.20. The molecule has 0 unspecified atom stereocenters. The lowest BCUT2D eigenvalue weighted by Crippen LogP contribution is -2.30. The van der Waals surface area contributed by atoms with Gasteiger partial charge in [0.25, 0.3) is 5.56 Å². The van der Waals surface area contributed by atoms with Crippen LogP contribution in [0, 0.1) is 5.82 Å². The molecule has 2 N–H and O–H groups in total. The molecule has 3 aromatic carbocycles. The third kappa shape index (κ3) is 3.29. The highest BCUT2D eigenvalue weighted by atomic mass is 19.1. The quantitative estimate of drug-likeness (QED) is 0.488. The van der Waals surface area contributed by atoms with Gasteiger partial charge in [0.15, 0.2) is 0 Å². The molecule has 0 aliphatic carbocycles. The summed E-state index contributed by atoms with van der Waals surface area (Å²) in [7, 11) is 1.92. The van der Waals surface area contributed by atoms with Crippen LogP contribution in [0.1, 0.15) is 34.3 Å². The molecule has 5 nitrogen and oxygen atoms in total. The molecule has 0 fully saturated rings. The fourth-order valence-electron chi connectivity index (χ4n) is 4.58. The van der Waals surface area contributed by atoms with Crippen LogP contribution in [-0.2, 0) is 6.54 Å². The number of aromatic nitrogens is 2. The number of nitrogens with zero attached hydrogens (tertiary/aromatic N) is 2. The van der Waals surface area contributed by atoms with Crippen LogP contribution in [0.15, 0.2) is 78.1 Å². The van der Waals surface area contributed by atoms with Gasteiger partial charge in [-0.15, -0.1) is 0 Å². The van der Waals surface area contributed by atoms with Crippen molar-refractivity contribution in [2.45, 2.75) is 18.5 Å². The third-order valence-corrected chi connectivity index (χ3v) is 6.00. The van der Waals surface area contributed by atoms with Crippen LogP contribution in [0.25, 0.3) is 17.0 Å². The maximum absolute atomic E-state index is 14.5. The maximum atomic E-state index is 14.5. The fraction of sp³-hybridized carbons (Fsp3) is 0.154. The van der Waals surface area contributed by atoms with Gasteiger partial charge in [0.05, 0.1) is 23.0 Å². The minimum atomic E-state index is -0.466. The van der Waals surface area contributed by atoms with Gasteiger partial charge in [-0.2, -0.15) is 5.10 Å². The molecule has 6 heteroatoms. The first-order chi connectivity index (χ1) is 15.6. The van der Waals surface area contributed by atoms with Gasteiger partial charge in [-0.25, -0.2) is 9.07 Å². The summed E-state index contributed by atoms with van der Waals surface area (Å²) in [6.45, 7) is 4.50. The average molecular weight is 426 g/mol. The van der Waals surface area contributed by atoms with E-state index in [-0.39, 0.29) is 17.5 Å². The van der Waals surface area contributed by atoms with Crippen LogP contribution < -0.4 is 16.2 Å². The molecule has 32 heavy (non-hydrogen) atoms. The Morgan fingerprint density at radius 3 is 2.56 bits per heavy atom. The minimum absolute atomic E-state index is 0.187. The highest BCUT2D eigenvalue weighted by Gasteiger charge is 2.35. The molecule has 4 aromatic rings. The van der Waals surface area contributed by atoms with Gasteiger partial charge in [-0.05, 0) is 35.9 Å². The van der Waals surface area contributed by atoms with E-state index in [9.17, 15) is 9.18 Å². The Morgan fingerprint density at radius 2 is 1.88 bits per heavy atom. The first kappa shape index (κ1) is 20.2. The zero-order chi connectivity index (χ0) is 22.2. The highest BCUT2D eigenvalue weighted by Crippen LogP contribution is 2.46. The average Bonchev–Trinajstić information content (AvgIpc) is 2.82. The van der Waals surface area contributed by atoms with Crippen molar-refractivity contribution in [3.63, 3.8) is 0 Å². The normalized spacial score (nSPS) is 17.2. The summed E-state index contributed by atoms with van der Waals surface area (Å²) in [5.74, 6) is -0.653. The number of hydrogen-bond acceptors (Lipinski definition) is 4. The first-order valence-electron chi connectivity index (χ1n) is 10.5. The molecule has 1 aliphatic rings. The molecular formula is C26H23FN4O. The van der Waals surface area contributed by atoms with Crippen LogP contribution in [-0.4, -0.2) is 16.8 Å². The Labute approximate surface area is 185 Å². The van der Waals surface area contributed by atoms with E-state index in [1.54, 1.807) is 0 Å². The Bertz CT molecular complexity index is 1360. The van der Waals surface area contributed by atoms with E-state index in [0.29, 0.717) is 16.5 Å². The van der Waals surface area contributed by atoms with Crippen molar-refractivity contribution in [3.8, 4) is 0 Å². The molecule has 0 bridgehead atoms. The number of hydrogen-bond donors (Lipinski definition) is 2. The van der Waals surface area contributed by atoms with Crippen molar-refractivity contribution in [2.75, 3.05) is 12.4 Å². The number of nitrogens with one attached hydrogen (secondary N) is 2. The number of halogens is 1. The molecule has 1 aromatic heterocycles. The molecule has 0 amide bonds. The van der Waals surface area contributed by atoms with Gasteiger partial charge < -0.3 is 10.6 Å². The molecule has 0 saturated carbocycles. The van der Waals surface area contributed by atoms with Gasteiger partial charge in [0.2, 0.25) is 0 Å². The van der Waals surface area contributed by atoms with Crippen LogP contribution >= 0.6 is 0 Å². The lowest BCUT2D eigenvalue weighted by molar-refractivity contribution is 0.613. The number of anilines is 1. The van der Waals surface area contributed by atoms with E-state index in [0.717, 1.165) is 23.4 Å². The van der Waals surface area contributed by atoms with Crippen molar-refractivity contribution in [1.29, 1.82) is 0 Å². The Kier molecular flexibility index (Phi) is 5.07. The van der Waals surface area contributed by atoms with E-state index in [2.05, 4.69) is 46.6 Å². The second-order valence-corrected chi connectivity index (χ2v) is 7.98. The monoisotopic (exact) mass is 426 g/mol. The summed E-state index contributed by atoms with van der Waals surface area (Å²) < 4.78 is 15.7.